The summed E-state index contributed by atoms with van der Waals surface area (Å²) in [6.07, 6.45) is 0.577. The van der Waals surface area contributed by atoms with Gasteiger partial charge < -0.3 is 24.1 Å². The number of nitrogens with one attached hydrogen (secondary N) is 1. The third kappa shape index (κ3) is 3.80. The first-order chi connectivity index (χ1) is 14.6. The van der Waals surface area contributed by atoms with Crippen LogP contribution in [0.5, 0.6) is 28.7 Å². The molecule has 1 aliphatic rings. The maximum Gasteiger partial charge on any atom is 0.284 e. The van der Waals surface area contributed by atoms with Crippen molar-refractivity contribution < 1.29 is 28.8 Å². The van der Waals surface area contributed by atoms with E-state index in [0.717, 1.165) is 10.8 Å². The molecule has 3 aromatic carbocycles. The SMILES string of the molecule is COc1cc(/C=N\NC(=O)C2COc3cc4ccccc4cc3O2)cc(OC)c1O. The Balaban J connectivity index is 1.44. The number of nitrogens with zero attached hydrogens (tertiary/aromatic N) is 1. The summed E-state index contributed by atoms with van der Waals surface area (Å²) in [6.45, 7) is 0.0769. The van der Waals surface area contributed by atoms with E-state index in [0.29, 0.717) is 17.1 Å². The molecule has 1 aliphatic heterocycles. The molecule has 1 unspecified atom stereocenters. The first-order valence-corrected chi connectivity index (χ1v) is 9.19. The summed E-state index contributed by atoms with van der Waals surface area (Å²) < 4.78 is 21.7. The molecule has 4 rings (SSSR count). The van der Waals surface area contributed by atoms with Crippen molar-refractivity contribution in [2.24, 2.45) is 5.10 Å². The van der Waals surface area contributed by atoms with Crippen molar-refractivity contribution in [1.29, 1.82) is 0 Å². The average molecular weight is 408 g/mol. The number of rotatable bonds is 5. The van der Waals surface area contributed by atoms with Gasteiger partial charge in [-0.15, -0.1) is 0 Å². The molecule has 2 N–H and O–H groups in total. The fraction of sp³-hybridized carbons (Fsp3) is 0.182. The number of benzene rings is 3. The highest BCUT2D eigenvalue weighted by molar-refractivity contribution is 5.88. The first-order valence-electron chi connectivity index (χ1n) is 9.19. The van der Waals surface area contributed by atoms with Gasteiger partial charge >= 0.3 is 0 Å². The lowest BCUT2D eigenvalue weighted by molar-refractivity contribution is -0.130. The van der Waals surface area contributed by atoms with Crippen molar-refractivity contribution in [3.63, 3.8) is 0 Å². The number of fused-ring (bicyclic) bond motifs is 2. The predicted octanol–water partition coefficient (Wildman–Crippen LogP) is 2.85. The lowest BCUT2D eigenvalue weighted by atomic mass is 10.1. The molecule has 8 heteroatoms. The Morgan fingerprint density at radius 2 is 1.73 bits per heavy atom. The van der Waals surface area contributed by atoms with Crippen LogP contribution in [-0.4, -0.2) is 44.2 Å². The Hall–Kier alpha value is -3.94. The van der Waals surface area contributed by atoms with Crippen molar-refractivity contribution in [3.8, 4) is 28.7 Å². The number of aromatic hydroxyl groups is 1. The van der Waals surface area contributed by atoms with E-state index in [1.54, 1.807) is 12.1 Å². The van der Waals surface area contributed by atoms with Gasteiger partial charge in [0.05, 0.1) is 20.4 Å². The summed E-state index contributed by atoms with van der Waals surface area (Å²) in [4.78, 5) is 12.4. The van der Waals surface area contributed by atoms with Crippen LogP contribution in [0, 0.1) is 0 Å². The Kier molecular flexibility index (Phi) is 5.30. The second-order valence-corrected chi connectivity index (χ2v) is 6.57. The molecule has 0 fully saturated rings. The van der Waals surface area contributed by atoms with Gasteiger partial charge in [-0.2, -0.15) is 5.10 Å². The number of carbonyl (C=O) groups is 1. The lowest BCUT2D eigenvalue weighted by Crippen LogP contribution is -2.42. The Morgan fingerprint density at radius 3 is 2.37 bits per heavy atom. The molecule has 154 valence electrons. The number of phenols is 1. The maximum atomic E-state index is 12.4. The number of amides is 1. The summed E-state index contributed by atoms with van der Waals surface area (Å²) in [5, 5.41) is 15.9. The molecule has 8 nitrogen and oxygen atoms in total. The van der Waals surface area contributed by atoms with Crippen LogP contribution in [-0.2, 0) is 4.79 Å². The second-order valence-electron chi connectivity index (χ2n) is 6.57. The minimum atomic E-state index is -0.834. The van der Waals surface area contributed by atoms with Crippen LogP contribution in [0.2, 0.25) is 0 Å². The van der Waals surface area contributed by atoms with Crippen molar-refractivity contribution >= 4 is 22.9 Å². The van der Waals surface area contributed by atoms with E-state index >= 15 is 0 Å². The smallest absolute Gasteiger partial charge is 0.284 e. The van der Waals surface area contributed by atoms with Crippen LogP contribution in [0.25, 0.3) is 10.8 Å². The molecular weight excluding hydrogens is 388 g/mol. The van der Waals surface area contributed by atoms with Crippen molar-refractivity contribution in [2.75, 3.05) is 20.8 Å². The normalized spacial score (nSPS) is 15.2. The lowest BCUT2D eigenvalue weighted by Gasteiger charge is -2.25. The van der Waals surface area contributed by atoms with Gasteiger partial charge in [-0.25, -0.2) is 5.43 Å². The molecule has 0 saturated heterocycles. The Bertz CT molecular complexity index is 1100. The molecule has 0 aliphatic carbocycles. The fourth-order valence-corrected chi connectivity index (χ4v) is 3.12. The van der Waals surface area contributed by atoms with Gasteiger partial charge in [0.1, 0.15) is 6.61 Å². The number of methoxy groups -OCH3 is 2. The zero-order valence-electron chi connectivity index (χ0n) is 16.4. The number of carbonyl (C=O) groups excluding carboxylic acids is 1. The van der Waals surface area contributed by atoms with E-state index in [1.165, 1.54) is 20.4 Å². The molecule has 1 heterocycles. The number of phenolic OH excluding ortho intramolecular Hbond substituents is 1. The van der Waals surface area contributed by atoms with Gasteiger partial charge in [-0.1, -0.05) is 24.3 Å². The van der Waals surface area contributed by atoms with Crippen LogP contribution >= 0.6 is 0 Å². The molecule has 3 aromatic rings. The zero-order chi connectivity index (χ0) is 21.1. The van der Waals surface area contributed by atoms with Gasteiger partial charge in [-0.3, -0.25) is 4.79 Å². The summed E-state index contributed by atoms with van der Waals surface area (Å²) in [6, 6.07) is 14.7. The van der Waals surface area contributed by atoms with Crippen LogP contribution in [0.1, 0.15) is 5.56 Å². The molecule has 0 aromatic heterocycles. The minimum Gasteiger partial charge on any atom is -0.502 e. The fourth-order valence-electron chi connectivity index (χ4n) is 3.12. The van der Waals surface area contributed by atoms with E-state index in [9.17, 15) is 9.90 Å². The molecular formula is C22H20N2O6. The molecule has 1 amide bonds. The van der Waals surface area contributed by atoms with E-state index in [1.807, 2.05) is 36.4 Å². The Morgan fingerprint density at radius 1 is 1.10 bits per heavy atom. The zero-order valence-corrected chi connectivity index (χ0v) is 16.4. The minimum absolute atomic E-state index is 0.0769. The van der Waals surface area contributed by atoms with Crippen LogP contribution in [0.4, 0.5) is 0 Å². The van der Waals surface area contributed by atoms with E-state index in [-0.39, 0.29) is 23.9 Å². The average Bonchev–Trinajstić information content (AvgIpc) is 2.78. The second kappa shape index (κ2) is 8.20. The van der Waals surface area contributed by atoms with Gasteiger partial charge in [0.2, 0.25) is 11.9 Å². The molecule has 0 bridgehead atoms. The van der Waals surface area contributed by atoms with E-state index in [4.69, 9.17) is 18.9 Å². The molecule has 0 saturated carbocycles. The quantitative estimate of drug-likeness (QED) is 0.498. The number of ether oxygens (including phenoxy) is 4. The largest absolute Gasteiger partial charge is 0.502 e. The third-order valence-corrected chi connectivity index (χ3v) is 4.65. The molecule has 1 atom stereocenters. The third-order valence-electron chi connectivity index (χ3n) is 4.65. The van der Waals surface area contributed by atoms with Crippen LogP contribution < -0.4 is 24.4 Å². The van der Waals surface area contributed by atoms with Crippen molar-refractivity contribution in [2.45, 2.75) is 6.10 Å². The van der Waals surface area contributed by atoms with Gasteiger partial charge in [-0.05, 0) is 35.0 Å². The number of hydrogen-bond acceptors (Lipinski definition) is 7. The molecule has 0 spiro atoms. The molecule has 30 heavy (non-hydrogen) atoms. The van der Waals surface area contributed by atoms with Crippen LogP contribution in [0.3, 0.4) is 0 Å². The van der Waals surface area contributed by atoms with Gasteiger partial charge in [0.15, 0.2) is 23.0 Å². The predicted molar refractivity (Wildman–Crippen MR) is 111 cm³/mol. The summed E-state index contributed by atoms with van der Waals surface area (Å²) in [7, 11) is 2.86. The van der Waals surface area contributed by atoms with Crippen molar-refractivity contribution in [1.82, 2.24) is 5.43 Å². The van der Waals surface area contributed by atoms with Gasteiger partial charge in [0.25, 0.3) is 5.91 Å². The summed E-state index contributed by atoms with van der Waals surface area (Å²) in [5.74, 6) is 1.02. The number of hydrazone groups is 1. The highest BCUT2D eigenvalue weighted by Crippen LogP contribution is 2.37. The standard InChI is InChI=1S/C22H20N2O6/c1-27-18-7-13(8-19(28-2)21(18)25)11-23-24-22(26)20-12-29-16-9-14-5-3-4-6-15(14)10-17(16)30-20/h3-11,20,25H,12H2,1-2H3,(H,24,26)/b23-11-. The number of hydrogen-bond donors (Lipinski definition) is 2. The molecule has 0 radical (unpaired) electrons. The highest BCUT2D eigenvalue weighted by Gasteiger charge is 2.27. The van der Waals surface area contributed by atoms with Crippen LogP contribution in [0.15, 0.2) is 53.6 Å². The monoisotopic (exact) mass is 408 g/mol. The van der Waals surface area contributed by atoms with E-state index < -0.39 is 12.0 Å². The Labute approximate surface area is 172 Å². The first kappa shape index (κ1) is 19.4. The maximum absolute atomic E-state index is 12.4. The van der Waals surface area contributed by atoms with Gasteiger partial charge in [0, 0.05) is 5.56 Å². The van der Waals surface area contributed by atoms with E-state index in [2.05, 4.69) is 10.5 Å². The topological polar surface area (TPSA) is 98.6 Å². The van der Waals surface area contributed by atoms with Crippen molar-refractivity contribution in [3.05, 3.63) is 54.1 Å². The summed E-state index contributed by atoms with van der Waals surface area (Å²) in [5.41, 5.74) is 3.01. The highest BCUT2D eigenvalue weighted by atomic mass is 16.6. The summed E-state index contributed by atoms with van der Waals surface area (Å²) >= 11 is 0.